The Morgan fingerprint density at radius 1 is 1.45 bits per heavy atom. The van der Waals surface area contributed by atoms with E-state index in [0.717, 1.165) is 12.2 Å². The van der Waals surface area contributed by atoms with E-state index in [4.69, 9.17) is 5.11 Å². The summed E-state index contributed by atoms with van der Waals surface area (Å²) in [5.41, 5.74) is 0. The highest BCUT2D eigenvalue weighted by molar-refractivity contribution is 5.93. The third-order valence-electron chi connectivity index (χ3n) is 0.798. The molecule has 0 radical (unpaired) electrons. The van der Waals surface area contributed by atoms with Crippen molar-refractivity contribution in [2.75, 3.05) is 6.54 Å². The zero-order chi connectivity index (χ0) is 8.69. The molecule has 0 aromatic heterocycles. The molecule has 1 amide bonds. The maximum Gasteiger partial charge on any atom is 0.328 e. The zero-order valence-electron chi connectivity index (χ0n) is 5.91. The highest BCUT2D eigenvalue weighted by Crippen LogP contribution is 1.73. The largest absolute Gasteiger partial charge is 0.478 e. The minimum absolute atomic E-state index is 0.336. The first-order valence-electron chi connectivity index (χ1n) is 2.96. The predicted molar refractivity (Wildman–Crippen MR) is 40.0 cm³/mol. The third kappa shape index (κ3) is 6.30. The second-order valence-corrected chi connectivity index (χ2v) is 1.71. The molecule has 0 heterocycles. The summed E-state index contributed by atoms with van der Waals surface area (Å²) in [7, 11) is 0. The van der Waals surface area contributed by atoms with Gasteiger partial charge in [0.2, 0.25) is 5.91 Å². The molecule has 0 aliphatic rings. The van der Waals surface area contributed by atoms with Crippen molar-refractivity contribution in [3.8, 4) is 0 Å². The van der Waals surface area contributed by atoms with Crippen LogP contribution in [0.2, 0.25) is 0 Å². The minimum Gasteiger partial charge on any atom is -0.478 e. The molecule has 0 atom stereocenters. The highest BCUT2D eigenvalue weighted by Gasteiger charge is 1.92. The maximum atomic E-state index is 10.6. The number of rotatable bonds is 4. The molecule has 0 spiro atoms. The molecule has 0 aromatic carbocycles. The van der Waals surface area contributed by atoms with Gasteiger partial charge in [0.25, 0.3) is 0 Å². The Balaban J connectivity index is 3.68. The van der Waals surface area contributed by atoms with Crippen molar-refractivity contribution in [3.05, 3.63) is 24.8 Å². The van der Waals surface area contributed by atoms with Gasteiger partial charge in [0, 0.05) is 18.7 Å². The summed E-state index contributed by atoms with van der Waals surface area (Å²) >= 11 is 0. The number of carbonyl (C=O) groups excluding carboxylic acids is 1. The highest BCUT2D eigenvalue weighted by atomic mass is 16.4. The topological polar surface area (TPSA) is 66.4 Å². The van der Waals surface area contributed by atoms with Gasteiger partial charge in [0.1, 0.15) is 0 Å². The molecule has 0 bridgehead atoms. The van der Waals surface area contributed by atoms with Crippen molar-refractivity contribution >= 4 is 11.9 Å². The van der Waals surface area contributed by atoms with Crippen molar-refractivity contribution in [2.45, 2.75) is 0 Å². The second kappa shape index (κ2) is 5.22. The zero-order valence-corrected chi connectivity index (χ0v) is 5.91. The number of amides is 1. The van der Waals surface area contributed by atoms with Crippen LogP contribution >= 0.6 is 0 Å². The number of carboxylic acid groups (broad SMARTS) is 1. The summed E-state index contributed by atoms with van der Waals surface area (Å²) in [5, 5.41) is 10.5. The summed E-state index contributed by atoms with van der Waals surface area (Å²) in [6.07, 6.45) is 3.23. The Hall–Kier alpha value is -1.58. The quantitative estimate of drug-likeness (QED) is 0.441. The average Bonchev–Trinajstić information content (AvgIpc) is 1.97. The fourth-order valence-electron chi connectivity index (χ4n) is 0.379. The van der Waals surface area contributed by atoms with Crippen LogP contribution in [0.5, 0.6) is 0 Å². The molecule has 0 unspecified atom stereocenters. The molecule has 0 aromatic rings. The van der Waals surface area contributed by atoms with Crippen molar-refractivity contribution in [1.29, 1.82) is 0 Å². The Morgan fingerprint density at radius 3 is 2.55 bits per heavy atom. The fraction of sp³-hybridized carbons (Fsp3) is 0.143. The number of carbonyl (C=O) groups is 2. The first-order valence-corrected chi connectivity index (χ1v) is 2.96. The number of hydrogen-bond acceptors (Lipinski definition) is 2. The normalized spacial score (nSPS) is 9.45. The maximum absolute atomic E-state index is 10.6. The number of aliphatic carboxylic acids is 1. The molecule has 0 fully saturated rings. The van der Waals surface area contributed by atoms with E-state index in [2.05, 4.69) is 11.9 Å². The van der Waals surface area contributed by atoms with Gasteiger partial charge < -0.3 is 10.4 Å². The SMILES string of the molecule is C=CCNC(=O)C=CC(=O)O. The Kier molecular flexibility index (Phi) is 4.47. The van der Waals surface area contributed by atoms with Crippen molar-refractivity contribution < 1.29 is 14.7 Å². The van der Waals surface area contributed by atoms with Gasteiger partial charge in [-0.25, -0.2) is 4.79 Å². The van der Waals surface area contributed by atoms with Crippen LogP contribution < -0.4 is 5.32 Å². The molecule has 4 heteroatoms. The van der Waals surface area contributed by atoms with Gasteiger partial charge in [0.05, 0.1) is 0 Å². The van der Waals surface area contributed by atoms with Crippen molar-refractivity contribution in [1.82, 2.24) is 5.32 Å². The molecule has 60 valence electrons. The van der Waals surface area contributed by atoms with Crippen LogP contribution in [0, 0.1) is 0 Å². The van der Waals surface area contributed by atoms with E-state index in [1.54, 1.807) is 0 Å². The lowest BCUT2D eigenvalue weighted by molar-refractivity contribution is -0.131. The molecular formula is C7H9NO3. The Morgan fingerprint density at radius 2 is 2.09 bits per heavy atom. The molecular weight excluding hydrogens is 146 g/mol. The molecule has 11 heavy (non-hydrogen) atoms. The summed E-state index contributed by atoms with van der Waals surface area (Å²) in [4.78, 5) is 20.5. The van der Waals surface area contributed by atoms with Gasteiger partial charge in [-0.3, -0.25) is 4.79 Å². The number of carboxylic acids is 1. The fourth-order valence-corrected chi connectivity index (χ4v) is 0.379. The molecule has 4 nitrogen and oxygen atoms in total. The van der Waals surface area contributed by atoms with E-state index in [-0.39, 0.29) is 0 Å². The molecule has 0 saturated heterocycles. The second-order valence-electron chi connectivity index (χ2n) is 1.71. The van der Waals surface area contributed by atoms with E-state index in [1.165, 1.54) is 6.08 Å². The lowest BCUT2D eigenvalue weighted by Gasteiger charge is -1.93. The lowest BCUT2D eigenvalue weighted by atomic mass is 10.4. The van der Waals surface area contributed by atoms with Crippen molar-refractivity contribution in [3.63, 3.8) is 0 Å². The average molecular weight is 155 g/mol. The molecule has 0 rings (SSSR count). The smallest absolute Gasteiger partial charge is 0.328 e. The van der Waals surface area contributed by atoms with E-state index in [1.807, 2.05) is 0 Å². The predicted octanol–water partition coefficient (Wildman–Crippen LogP) is -0.0706. The van der Waals surface area contributed by atoms with E-state index >= 15 is 0 Å². The molecule has 0 aliphatic carbocycles. The first kappa shape index (κ1) is 9.42. The molecule has 0 saturated carbocycles. The van der Waals surface area contributed by atoms with E-state index < -0.39 is 11.9 Å². The van der Waals surface area contributed by atoms with Crippen molar-refractivity contribution in [2.24, 2.45) is 0 Å². The van der Waals surface area contributed by atoms with Gasteiger partial charge in [-0.2, -0.15) is 0 Å². The van der Waals surface area contributed by atoms with Crippen LogP contribution in [0.25, 0.3) is 0 Å². The monoisotopic (exact) mass is 155 g/mol. The van der Waals surface area contributed by atoms with Gasteiger partial charge in [-0.05, 0) is 0 Å². The molecule has 0 aliphatic heterocycles. The van der Waals surface area contributed by atoms with Crippen LogP contribution in [0.3, 0.4) is 0 Å². The van der Waals surface area contributed by atoms with Gasteiger partial charge >= 0.3 is 5.97 Å². The van der Waals surface area contributed by atoms with Crippen LogP contribution in [-0.4, -0.2) is 23.5 Å². The lowest BCUT2D eigenvalue weighted by Crippen LogP contribution is -2.20. The minimum atomic E-state index is -1.14. The summed E-state index contributed by atoms with van der Waals surface area (Å²) in [6, 6.07) is 0. The summed E-state index contributed by atoms with van der Waals surface area (Å²) < 4.78 is 0. The van der Waals surface area contributed by atoms with Crippen LogP contribution in [0.1, 0.15) is 0 Å². The third-order valence-corrected chi connectivity index (χ3v) is 0.798. The van der Waals surface area contributed by atoms with Gasteiger partial charge in [-0.1, -0.05) is 6.08 Å². The van der Waals surface area contributed by atoms with E-state index in [0.29, 0.717) is 6.54 Å². The Bertz CT molecular complexity index is 196. The summed E-state index contributed by atoms with van der Waals surface area (Å²) in [6.45, 7) is 3.71. The van der Waals surface area contributed by atoms with Gasteiger partial charge in [0.15, 0.2) is 0 Å². The van der Waals surface area contributed by atoms with Gasteiger partial charge in [-0.15, -0.1) is 6.58 Å². The van der Waals surface area contributed by atoms with Crippen LogP contribution in [0.15, 0.2) is 24.8 Å². The van der Waals surface area contributed by atoms with Crippen LogP contribution in [0.4, 0.5) is 0 Å². The first-order chi connectivity index (χ1) is 5.16. The van der Waals surface area contributed by atoms with Crippen LogP contribution in [-0.2, 0) is 9.59 Å². The number of nitrogens with one attached hydrogen (secondary N) is 1. The summed E-state index contributed by atoms with van der Waals surface area (Å²) in [5.74, 6) is -1.58. The Labute approximate surface area is 64.2 Å². The standard InChI is InChI=1S/C7H9NO3/c1-2-5-8-6(9)3-4-7(10)11/h2-4H,1,5H2,(H,8,9)(H,10,11). The number of hydrogen-bond donors (Lipinski definition) is 2. The molecule has 2 N–H and O–H groups in total. The van der Waals surface area contributed by atoms with E-state index in [9.17, 15) is 9.59 Å².